The number of aromatic nitrogens is 1. The molecule has 0 saturated carbocycles. The molecule has 1 unspecified atom stereocenters. The van der Waals surface area contributed by atoms with Gasteiger partial charge in [-0.1, -0.05) is 75.8 Å². The number of hydrogen-bond acceptors (Lipinski definition) is 2. The number of carbonyl (C=O) groups is 1. The number of nitrogens with zero attached hydrogens (tertiary/aromatic N) is 1. The SMILES string of the molecule is Cc1ccc2c(c1)c(C(NC(=O)OC(C)(C)C)c1ccccc1)cn2[Si](C)(C)C(C)(C)C. The number of ether oxygens (including phenoxy) is 1. The van der Waals surface area contributed by atoms with E-state index in [0.29, 0.717) is 0 Å². The molecule has 172 valence electrons. The van der Waals surface area contributed by atoms with Crippen LogP contribution in [0.25, 0.3) is 10.9 Å². The predicted molar refractivity (Wildman–Crippen MR) is 137 cm³/mol. The summed E-state index contributed by atoms with van der Waals surface area (Å²) >= 11 is 0. The number of fused-ring (bicyclic) bond motifs is 1. The Kier molecular flexibility index (Phi) is 6.35. The fraction of sp³-hybridized carbons (Fsp3) is 0.444. The summed E-state index contributed by atoms with van der Waals surface area (Å²) in [7, 11) is -1.89. The lowest BCUT2D eigenvalue weighted by Gasteiger charge is -2.38. The number of benzene rings is 2. The third kappa shape index (κ3) is 4.93. The minimum absolute atomic E-state index is 0.169. The molecule has 3 rings (SSSR count). The van der Waals surface area contributed by atoms with E-state index in [0.717, 1.165) is 11.1 Å². The number of carbonyl (C=O) groups excluding carboxylic acids is 1. The number of nitrogens with one attached hydrogen (secondary N) is 1. The van der Waals surface area contributed by atoms with Gasteiger partial charge in [-0.15, -0.1) is 0 Å². The third-order valence-electron chi connectivity index (χ3n) is 6.53. The van der Waals surface area contributed by atoms with Gasteiger partial charge < -0.3 is 14.3 Å². The van der Waals surface area contributed by atoms with Gasteiger partial charge in [0, 0.05) is 22.7 Å². The standard InChI is InChI=1S/C27H38N2O2Si/c1-19-15-16-23-21(17-19)22(18-29(23)32(8,9)27(5,6)7)24(20-13-11-10-12-14-20)28-25(30)31-26(2,3)4/h10-18,24H,1-9H3,(H,28,30). The van der Waals surface area contributed by atoms with Gasteiger partial charge >= 0.3 is 6.09 Å². The van der Waals surface area contributed by atoms with Gasteiger partial charge in [0.05, 0.1) is 6.04 Å². The molecule has 0 radical (unpaired) electrons. The molecule has 32 heavy (non-hydrogen) atoms. The minimum Gasteiger partial charge on any atom is -0.444 e. The van der Waals surface area contributed by atoms with E-state index in [2.05, 4.69) is 86.9 Å². The second-order valence-electron chi connectivity index (χ2n) is 11.3. The summed E-state index contributed by atoms with van der Waals surface area (Å²) in [5.74, 6) is 0. The molecule has 0 spiro atoms. The van der Waals surface area contributed by atoms with E-state index in [9.17, 15) is 4.79 Å². The van der Waals surface area contributed by atoms with Crippen molar-refractivity contribution in [3.63, 3.8) is 0 Å². The predicted octanol–water partition coefficient (Wildman–Crippen LogP) is 7.42. The monoisotopic (exact) mass is 450 g/mol. The van der Waals surface area contributed by atoms with Crippen molar-refractivity contribution in [1.82, 2.24) is 9.55 Å². The Morgan fingerprint density at radius 1 is 1.00 bits per heavy atom. The fourth-order valence-corrected chi connectivity index (χ4v) is 5.82. The molecule has 0 aliphatic rings. The van der Waals surface area contributed by atoms with Gasteiger partial charge in [0.2, 0.25) is 0 Å². The van der Waals surface area contributed by atoms with Crippen LogP contribution >= 0.6 is 0 Å². The smallest absolute Gasteiger partial charge is 0.408 e. The average molecular weight is 451 g/mol. The third-order valence-corrected chi connectivity index (χ3v) is 11.8. The Labute approximate surface area is 194 Å². The average Bonchev–Trinajstić information content (AvgIpc) is 3.03. The van der Waals surface area contributed by atoms with Crippen LogP contribution in [0.1, 0.15) is 64.3 Å². The maximum atomic E-state index is 12.9. The van der Waals surface area contributed by atoms with E-state index in [1.807, 2.05) is 39.0 Å². The maximum absolute atomic E-state index is 12.9. The highest BCUT2D eigenvalue weighted by Crippen LogP contribution is 2.41. The molecule has 0 bridgehead atoms. The second kappa shape index (κ2) is 8.43. The van der Waals surface area contributed by atoms with Crippen LogP contribution in [0.15, 0.2) is 54.7 Å². The van der Waals surface area contributed by atoms with Crippen molar-refractivity contribution in [2.45, 2.75) is 78.2 Å². The topological polar surface area (TPSA) is 43.3 Å². The van der Waals surface area contributed by atoms with E-state index in [-0.39, 0.29) is 11.1 Å². The lowest BCUT2D eigenvalue weighted by atomic mass is 9.97. The normalized spacial score (nSPS) is 13.8. The Hall–Kier alpha value is -2.53. The highest BCUT2D eigenvalue weighted by Gasteiger charge is 2.39. The Balaban J connectivity index is 2.22. The summed E-state index contributed by atoms with van der Waals surface area (Å²) in [4.78, 5) is 12.9. The molecule has 1 amide bonds. The molecule has 2 aromatic carbocycles. The summed E-state index contributed by atoms with van der Waals surface area (Å²) in [6, 6.07) is 16.5. The molecular weight excluding hydrogens is 412 g/mol. The van der Waals surface area contributed by atoms with Crippen molar-refractivity contribution in [1.29, 1.82) is 0 Å². The zero-order valence-electron chi connectivity index (χ0n) is 21.0. The Morgan fingerprint density at radius 3 is 2.19 bits per heavy atom. The van der Waals surface area contributed by atoms with Crippen molar-refractivity contribution in [3.05, 3.63) is 71.4 Å². The molecule has 4 nitrogen and oxygen atoms in total. The van der Waals surface area contributed by atoms with E-state index < -0.39 is 19.9 Å². The van der Waals surface area contributed by atoms with E-state index in [4.69, 9.17) is 4.74 Å². The van der Waals surface area contributed by atoms with Crippen molar-refractivity contribution in [3.8, 4) is 0 Å². The molecule has 0 saturated heterocycles. The number of rotatable bonds is 4. The van der Waals surface area contributed by atoms with Crippen molar-refractivity contribution in [2.24, 2.45) is 0 Å². The highest BCUT2D eigenvalue weighted by molar-refractivity contribution is 6.79. The lowest BCUT2D eigenvalue weighted by Crippen LogP contribution is -2.45. The summed E-state index contributed by atoms with van der Waals surface area (Å²) in [6.45, 7) is 19.6. The Morgan fingerprint density at radius 2 is 1.62 bits per heavy atom. The zero-order valence-corrected chi connectivity index (χ0v) is 22.0. The number of hydrogen-bond donors (Lipinski definition) is 1. The summed E-state index contributed by atoms with van der Waals surface area (Å²) in [6.07, 6.45) is 1.86. The highest BCUT2D eigenvalue weighted by atomic mass is 28.3. The molecule has 0 aliphatic carbocycles. The van der Waals surface area contributed by atoms with Gasteiger partial charge in [-0.25, -0.2) is 4.79 Å². The molecule has 1 aromatic heterocycles. The molecule has 0 fully saturated rings. The fourth-order valence-electron chi connectivity index (χ4n) is 3.83. The van der Waals surface area contributed by atoms with Crippen molar-refractivity contribution >= 4 is 25.2 Å². The van der Waals surface area contributed by atoms with E-state index in [1.165, 1.54) is 16.5 Å². The van der Waals surface area contributed by atoms with E-state index in [1.54, 1.807) is 0 Å². The largest absolute Gasteiger partial charge is 0.444 e. The van der Waals surface area contributed by atoms with Crippen LogP contribution in [-0.2, 0) is 4.74 Å². The van der Waals surface area contributed by atoms with Gasteiger partial charge in [-0.3, -0.25) is 0 Å². The van der Waals surface area contributed by atoms with E-state index >= 15 is 0 Å². The summed E-state index contributed by atoms with van der Waals surface area (Å²) < 4.78 is 8.13. The lowest BCUT2D eigenvalue weighted by molar-refractivity contribution is 0.0512. The first-order valence-electron chi connectivity index (χ1n) is 11.4. The van der Waals surface area contributed by atoms with Gasteiger partial charge in [-0.05, 0) is 50.4 Å². The first kappa shape index (κ1) is 24.1. The number of amides is 1. The van der Waals surface area contributed by atoms with Crippen molar-refractivity contribution in [2.75, 3.05) is 0 Å². The Bertz CT molecular complexity index is 1100. The molecule has 1 N–H and O–H groups in total. The zero-order chi connectivity index (χ0) is 23.9. The molecule has 0 aliphatic heterocycles. The molecule has 1 heterocycles. The van der Waals surface area contributed by atoms with Gasteiger partial charge in [0.25, 0.3) is 0 Å². The van der Waals surface area contributed by atoms with Gasteiger partial charge in [0.1, 0.15) is 5.60 Å². The second-order valence-corrected chi connectivity index (χ2v) is 16.4. The summed E-state index contributed by atoms with van der Waals surface area (Å²) in [5, 5.41) is 4.51. The molecule has 5 heteroatoms. The molecule has 1 atom stereocenters. The first-order chi connectivity index (χ1) is 14.7. The van der Waals surface area contributed by atoms with Crippen LogP contribution < -0.4 is 5.32 Å². The van der Waals surface area contributed by atoms with Crippen LogP contribution in [0.5, 0.6) is 0 Å². The number of aryl methyl sites for hydroxylation is 1. The molecule has 3 aromatic rings. The van der Waals surface area contributed by atoms with Crippen LogP contribution in [0.2, 0.25) is 18.1 Å². The minimum atomic E-state index is -1.89. The van der Waals surface area contributed by atoms with Crippen LogP contribution in [0, 0.1) is 6.92 Å². The van der Waals surface area contributed by atoms with Crippen LogP contribution in [0.4, 0.5) is 4.79 Å². The maximum Gasteiger partial charge on any atom is 0.408 e. The molecular formula is C27H38N2O2Si. The van der Waals surface area contributed by atoms with Crippen molar-refractivity contribution < 1.29 is 9.53 Å². The first-order valence-corrected chi connectivity index (χ1v) is 14.3. The van der Waals surface area contributed by atoms with Crippen LogP contribution in [0.3, 0.4) is 0 Å². The van der Waals surface area contributed by atoms with Gasteiger partial charge in [0.15, 0.2) is 8.24 Å². The summed E-state index contributed by atoms with van der Waals surface area (Å²) in [5.41, 5.74) is 4.01. The number of alkyl carbamates (subject to hydrolysis) is 1. The quantitative estimate of drug-likeness (QED) is 0.420. The van der Waals surface area contributed by atoms with Crippen LogP contribution in [-0.4, -0.2) is 24.2 Å². The van der Waals surface area contributed by atoms with Gasteiger partial charge in [-0.2, -0.15) is 0 Å².